The van der Waals surface area contributed by atoms with E-state index >= 15 is 0 Å². The number of nitrogens with two attached hydrogens (primary N) is 1. The quantitative estimate of drug-likeness (QED) is 0.529. The van der Waals surface area contributed by atoms with E-state index in [1.165, 1.54) is 11.0 Å². The van der Waals surface area contributed by atoms with Crippen molar-refractivity contribution in [3.05, 3.63) is 29.3 Å². The van der Waals surface area contributed by atoms with Crippen LogP contribution in [0.3, 0.4) is 0 Å². The van der Waals surface area contributed by atoms with E-state index in [0.717, 1.165) is 0 Å². The van der Waals surface area contributed by atoms with Crippen LogP contribution in [-0.4, -0.2) is 69.9 Å². The maximum atomic E-state index is 13.6. The van der Waals surface area contributed by atoms with Crippen molar-refractivity contribution >= 4 is 29.0 Å². The smallest absolute Gasteiger partial charge is 0.235 e. The number of primary amides is 1. The SMILES string of the molecule is C[C@@H]1c2cccc(O)c2C(=O)C2C(=O)[C@]3(O)C(=O)C(C(N)=O)C(=O)[C@@H](N(C)C)[C@@H]3C[C@@H]21. The summed E-state index contributed by atoms with van der Waals surface area (Å²) in [5.41, 5.74) is 3.17. The second-order valence-electron chi connectivity index (χ2n) is 9.02. The van der Waals surface area contributed by atoms with Crippen LogP contribution in [0, 0.1) is 23.7 Å². The molecule has 1 aromatic rings. The Labute approximate surface area is 178 Å². The highest BCUT2D eigenvalue weighted by Gasteiger charge is 2.69. The van der Waals surface area contributed by atoms with Gasteiger partial charge in [0.15, 0.2) is 34.7 Å². The number of carbonyl (C=O) groups is 5. The first-order valence-electron chi connectivity index (χ1n) is 10.1. The van der Waals surface area contributed by atoms with Crippen molar-refractivity contribution in [2.75, 3.05) is 14.1 Å². The Morgan fingerprint density at radius 2 is 1.81 bits per heavy atom. The lowest BCUT2D eigenvalue weighted by molar-refractivity contribution is -0.181. The average Bonchev–Trinajstić information content (AvgIpc) is 2.68. The normalized spacial score (nSPS) is 37.3. The van der Waals surface area contributed by atoms with E-state index in [4.69, 9.17) is 5.73 Å². The number of amides is 1. The van der Waals surface area contributed by atoms with Gasteiger partial charge in [0.25, 0.3) is 0 Å². The lowest BCUT2D eigenvalue weighted by Gasteiger charge is -2.53. The van der Waals surface area contributed by atoms with Crippen molar-refractivity contribution in [1.82, 2.24) is 4.90 Å². The van der Waals surface area contributed by atoms with E-state index in [9.17, 15) is 34.2 Å². The van der Waals surface area contributed by atoms with Gasteiger partial charge in [0.05, 0.1) is 17.5 Å². The van der Waals surface area contributed by atoms with Crippen LogP contribution < -0.4 is 5.73 Å². The van der Waals surface area contributed by atoms with Gasteiger partial charge in [0.1, 0.15) is 5.75 Å². The van der Waals surface area contributed by atoms with Crippen LogP contribution in [0.1, 0.15) is 35.2 Å². The van der Waals surface area contributed by atoms with Gasteiger partial charge >= 0.3 is 0 Å². The number of hydrogen-bond donors (Lipinski definition) is 3. The fourth-order valence-corrected chi connectivity index (χ4v) is 5.88. The van der Waals surface area contributed by atoms with E-state index in [1.54, 1.807) is 26.2 Å². The zero-order valence-corrected chi connectivity index (χ0v) is 17.4. The summed E-state index contributed by atoms with van der Waals surface area (Å²) in [6, 6.07) is 3.54. The fourth-order valence-electron chi connectivity index (χ4n) is 5.88. The van der Waals surface area contributed by atoms with Crippen LogP contribution in [0.25, 0.3) is 0 Å². The van der Waals surface area contributed by atoms with Crippen LogP contribution in [0.15, 0.2) is 18.2 Å². The van der Waals surface area contributed by atoms with Gasteiger partial charge in [0, 0.05) is 5.92 Å². The second kappa shape index (κ2) is 6.80. The van der Waals surface area contributed by atoms with Crippen LogP contribution >= 0.6 is 0 Å². The van der Waals surface area contributed by atoms with Gasteiger partial charge in [-0.1, -0.05) is 19.1 Å². The van der Waals surface area contributed by atoms with Crippen LogP contribution in [0.4, 0.5) is 0 Å². The van der Waals surface area contributed by atoms with Gasteiger partial charge in [-0.15, -0.1) is 0 Å². The summed E-state index contributed by atoms with van der Waals surface area (Å²) < 4.78 is 0. The summed E-state index contributed by atoms with van der Waals surface area (Å²) in [6.45, 7) is 1.81. The first-order valence-corrected chi connectivity index (χ1v) is 10.1. The predicted molar refractivity (Wildman–Crippen MR) is 106 cm³/mol. The van der Waals surface area contributed by atoms with Crippen molar-refractivity contribution in [3.63, 3.8) is 0 Å². The molecule has 0 saturated heterocycles. The third-order valence-corrected chi connectivity index (χ3v) is 7.32. The molecule has 2 unspecified atom stereocenters. The van der Waals surface area contributed by atoms with Gasteiger partial charge in [-0.05, 0) is 44.0 Å². The number of aromatic hydroxyl groups is 1. The minimum absolute atomic E-state index is 0.00148. The van der Waals surface area contributed by atoms with E-state index in [2.05, 4.69) is 0 Å². The molecular weight excluding hydrogens is 404 g/mol. The highest BCUT2D eigenvalue weighted by atomic mass is 16.3. The zero-order valence-electron chi connectivity index (χ0n) is 17.4. The molecule has 31 heavy (non-hydrogen) atoms. The first-order chi connectivity index (χ1) is 14.4. The van der Waals surface area contributed by atoms with Crippen LogP contribution in [0.2, 0.25) is 0 Å². The molecule has 164 valence electrons. The lowest BCUT2D eigenvalue weighted by Crippen LogP contribution is -2.74. The molecule has 2 saturated carbocycles. The van der Waals surface area contributed by atoms with Gasteiger partial charge < -0.3 is 15.9 Å². The summed E-state index contributed by atoms with van der Waals surface area (Å²) in [6.07, 6.45) is 0.0424. The van der Waals surface area contributed by atoms with Gasteiger partial charge in [-0.3, -0.25) is 28.9 Å². The Balaban J connectivity index is 1.91. The number of nitrogens with zero attached hydrogens (tertiary/aromatic N) is 1. The molecule has 0 aliphatic heterocycles. The standard InChI is InChI=1S/C22H24N2O7/c1-8-9-5-4-6-12(25)13(9)17(26)14-10(8)7-11-16(24(2)3)18(27)15(21(23)30)20(29)22(11,31)19(14)28/h4-6,8,10-11,14-16,25,31H,7H2,1-3H3,(H2,23,30)/t8-,10-,11+,14?,15?,16+,22+/m1/s1. The molecule has 0 aromatic heterocycles. The molecule has 1 aromatic carbocycles. The summed E-state index contributed by atoms with van der Waals surface area (Å²) in [5, 5.41) is 21.7. The molecule has 3 aliphatic rings. The van der Waals surface area contributed by atoms with Gasteiger partial charge in [0.2, 0.25) is 5.91 Å². The van der Waals surface area contributed by atoms with Gasteiger partial charge in [-0.25, -0.2) is 0 Å². The molecule has 3 aliphatic carbocycles. The number of carbonyl (C=O) groups excluding carboxylic acids is 5. The summed E-state index contributed by atoms with van der Waals surface area (Å²) in [4.78, 5) is 66.3. The number of phenols is 1. The third kappa shape index (κ3) is 2.59. The van der Waals surface area contributed by atoms with Crippen molar-refractivity contribution in [2.45, 2.75) is 30.9 Å². The number of fused-ring (bicyclic) bond motifs is 3. The lowest BCUT2D eigenvalue weighted by atomic mass is 9.50. The predicted octanol–water partition coefficient (Wildman–Crippen LogP) is -0.572. The molecule has 9 nitrogen and oxygen atoms in total. The molecule has 1 amide bonds. The topological polar surface area (TPSA) is 155 Å². The summed E-state index contributed by atoms with van der Waals surface area (Å²) >= 11 is 0. The van der Waals surface area contributed by atoms with E-state index in [-0.39, 0.29) is 23.7 Å². The molecule has 4 N–H and O–H groups in total. The molecule has 0 bridgehead atoms. The Hall–Kier alpha value is -2.91. The summed E-state index contributed by atoms with van der Waals surface area (Å²) in [7, 11) is 3.10. The summed E-state index contributed by atoms with van der Waals surface area (Å²) in [5.74, 6) is -10.6. The Morgan fingerprint density at radius 3 is 2.39 bits per heavy atom. The highest BCUT2D eigenvalue weighted by molar-refractivity contribution is 6.32. The van der Waals surface area contributed by atoms with Crippen LogP contribution in [0.5, 0.6) is 5.75 Å². The number of rotatable bonds is 2. The highest BCUT2D eigenvalue weighted by Crippen LogP contribution is 2.54. The van der Waals surface area contributed by atoms with Crippen molar-refractivity contribution < 1.29 is 34.2 Å². The molecule has 9 heteroatoms. The maximum Gasteiger partial charge on any atom is 0.235 e. The zero-order chi connectivity index (χ0) is 23.0. The molecule has 4 rings (SSSR count). The number of aliphatic hydroxyl groups is 1. The third-order valence-electron chi connectivity index (χ3n) is 7.32. The second-order valence-corrected chi connectivity index (χ2v) is 9.02. The first kappa shape index (κ1) is 21.3. The number of ketones is 4. The molecule has 0 radical (unpaired) electrons. The minimum atomic E-state index is -2.69. The molecule has 0 spiro atoms. The number of hydrogen-bond acceptors (Lipinski definition) is 8. The number of Topliss-reactive ketones (excluding diaryl/α,β-unsaturated/α-hetero) is 4. The van der Waals surface area contributed by atoms with Crippen molar-refractivity contribution in [3.8, 4) is 5.75 Å². The van der Waals surface area contributed by atoms with Crippen molar-refractivity contribution in [1.29, 1.82) is 0 Å². The van der Waals surface area contributed by atoms with Crippen LogP contribution in [-0.2, 0) is 19.2 Å². The van der Waals surface area contributed by atoms with E-state index in [0.29, 0.717) is 5.56 Å². The Kier molecular flexibility index (Phi) is 4.68. The maximum absolute atomic E-state index is 13.6. The number of likely N-dealkylation sites (N-methyl/N-ethyl adjacent to an activating group) is 1. The molecule has 2 fully saturated rings. The Morgan fingerprint density at radius 1 is 1.16 bits per heavy atom. The number of benzene rings is 1. The number of phenolic OH excluding ortho intramolecular Hbond substituents is 1. The fraction of sp³-hybridized carbons (Fsp3) is 0.500. The minimum Gasteiger partial charge on any atom is -0.507 e. The van der Waals surface area contributed by atoms with Gasteiger partial charge in [-0.2, -0.15) is 0 Å². The molecule has 7 atom stereocenters. The van der Waals surface area contributed by atoms with E-state index in [1.807, 2.05) is 6.92 Å². The molecular formula is C22H24N2O7. The monoisotopic (exact) mass is 428 g/mol. The van der Waals surface area contributed by atoms with Crippen molar-refractivity contribution in [2.24, 2.45) is 29.4 Å². The van der Waals surface area contributed by atoms with E-state index < -0.39 is 64.4 Å². The molecule has 0 heterocycles. The Bertz CT molecular complexity index is 1050. The average molecular weight is 428 g/mol. The largest absolute Gasteiger partial charge is 0.507 e.